The Morgan fingerprint density at radius 3 is 2.50 bits per heavy atom. The van der Waals surface area contributed by atoms with E-state index in [1.54, 1.807) is 6.20 Å². The molecule has 0 atom stereocenters. The maximum absolute atomic E-state index is 5.57. The van der Waals surface area contributed by atoms with Crippen LogP contribution < -0.4 is 5.84 Å². The lowest BCUT2D eigenvalue weighted by Crippen LogP contribution is -2.09. The molecule has 96 valence electrons. The lowest BCUT2D eigenvalue weighted by atomic mass is 10.1. The normalized spacial score (nSPS) is 11.2. The fraction of sp³-hybridized carbons (Fsp3) is 0.462. The molecule has 0 amide bonds. The van der Waals surface area contributed by atoms with Crippen molar-refractivity contribution < 1.29 is 0 Å². The predicted octanol–water partition coefficient (Wildman–Crippen LogP) is 1.87. The summed E-state index contributed by atoms with van der Waals surface area (Å²) in [5.74, 6) is 6.13. The summed E-state index contributed by atoms with van der Waals surface area (Å²) in [7, 11) is 0. The molecule has 18 heavy (non-hydrogen) atoms. The first-order valence-corrected chi connectivity index (χ1v) is 6.12. The number of hydrogen-bond acceptors (Lipinski definition) is 4. The molecule has 0 radical (unpaired) electrons. The Morgan fingerprint density at radius 1 is 1.22 bits per heavy atom. The Balaban J connectivity index is 2.47. The summed E-state index contributed by atoms with van der Waals surface area (Å²) in [6.07, 6.45) is 2.63. The summed E-state index contributed by atoms with van der Waals surface area (Å²) in [6.45, 7) is 8.30. The largest absolute Gasteiger partial charge is 0.323 e. The Hall–Kier alpha value is -1.91. The highest BCUT2D eigenvalue weighted by Gasteiger charge is 2.13. The van der Waals surface area contributed by atoms with Gasteiger partial charge in [-0.05, 0) is 32.3 Å². The van der Waals surface area contributed by atoms with Gasteiger partial charge in [0.25, 0.3) is 0 Å². The number of aryl methyl sites for hydroxylation is 2. The van der Waals surface area contributed by atoms with Crippen molar-refractivity contribution in [1.82, 2.24) is 19.9 Å². The van der Waals surface area contributed by atoms with Crippen LogP contribution in [-0.2, 0) is 6.42 Å². The van der Waals surface area contributed by atoms with E-state index in [-0.39, 0.29) is 0 Å². The van der Waals surface area contributed by atoms with Gasteiger partial charge < -0.3 is 5.84 Å². The highest BCUT2D eigenvalue weighted by Crippen LogP contribution is 2.20. The molecule has 2 N–H and O–H groups in total. The van der Waals surface area contributed by atoms with Gasteiger partial charge >= 0.3 is 0 Å². The van der Waals surface area contributed by atoms with E-state index in [0.29, 0.717) is 5.92 Å². The van der Waals surface area contributed by atoms with Crippen molar-refractivity contribution in [3.8, 4) is 11.4 Å². The van der Waals surface area contributed by atoms with E-state index >= 15 is 0 Å². The van der Waals surface area contributed by atoms with E-state index < -0.39 is 0 Å². The van der Waals surface area contributed by atoms with Gasteiger partial charge in [-0.15, -0.1) is 0 Å². The van der Waals surface area contributed by atoms with E-state index in [1.807, 2.05) is 19.9 Å². The number of aromatic nitrogens is 4. The maximum atomic E-state index is 5.57. The van der Waals surface area contributed by atoms with Crippen molar-refractivity contribution in [2.75, 3.05) is 5.84 Å². The zero-order chi connectivity index (χ0) is 13.3. The van der Waals surface area contributed by atoms with E-state index in [4.69, 9.17) is 10.8 Å². The third kappa shape index (κ3) is 2.50. The van der Waals surface area contributed by atoms with Gasteiger partial charge in [-0.25, -0.2) is 4.98 Å². The Bertz CT molecular complexity index is 557. The van der Waals surface area contributed by atoms with Gasteiger partial charge in [0.1, 0.15) is 11.4 Å². The van der Waals surface area contributed by atoms with Gasteiger partial charge in [-0.2, -0.15) is 9.89 Å². The molecule has 0 fully saturated rings. The van der Waals surface area contributed by atoms with Gasteiger partial charge in [0.15, 0.2) is 0 Å². The summed E-state index contributed by atoms with van der Waals surface area (Å²) in [5, 5.41) is 4.18. The molecule has 0 aromatic carbocycles. The molecule has 0 unspecified atom stereocenters. The second-order valence-electron chi connectivity index (χ2n) is 4.97. The zero-order valence-corrected chi connectivity index (χ0v) is 11.3. The summed E-state index contributed by atoms with van der Waals surface area (Å²) in [5.41, 5.74) is 4.51. The first kappa shape index (κ1) is 12.5. The number of hydrogen-bond donors (Lipinski definition) is 1. The summed E-state index contributed by atoms with van der Waals surface area (Å²) in [4.78, 5) is 10.6. The minimum absolute atomic E-state index is 0.556. The van der Waals surface area contributed by atoms with Crippen molar-refractivity contribution in [2.24, 2.45) is 5.92 Å². The highest BCUT2D eigenvalue weighted by atomic mass is 15.5. The summed E-state index contributed by atoms with van der Waals surface area (Å²) in [6, 6.07) is 1.85. The van der Waals surface area contributed by atoms with Crippen molar-refractivity contribution in [3.63, 3.8) is 0 Å². The molecule has 0 aliphatic carbocycles. The number of nitrogens with two attached hydrogens (primary N) is 1. The van der Waals surface area contributed by atoms with Crippen LogP contribution in [0.3, 0.4) is 0 Å². The van der Waals surface area contributed by atoms with Crippen LogP contribution in [0.5, 0.6) is 0 Å². The second kappa shape index (κ2) is 4.76. The first-order valence-electron chi connectivity index (χ1n) is 6.12. The van der Waals surface area contributed by atoms with Crippen LogP contribution in [0.15, 0.2) is 12.3 Å². The molecule has 0 aliphatic rings. The minimum Gasteiger partial charge on any atom is -0.323 e. The lowest BCUT2D eigenvalue weighted by Gasteiger charge is -2.10. The van der Waals surface area contributed by atoms with Crippen LogP contribution in [0.1, 0.15) is 30.9 Å². The number of nitrogen functional groups attached to an aromatic ring is 1. The van der Waals surface area contributed by atoms with Crippen molar-refractivity contribution in [2.45, 2.75) is 34.1 Å². The van der Waals surface area contributed by atoms with Crippen LogP contribution in [0.2, 0.25) is 0 Å². The predicted molar refractivity (Wildman–Crippen MR) is 71.4 cm³/mol. The Labute approximate surface area is 107 Å². The topological polar surface area (TPSA) is 69.6 Å². The molecule has 5 nitrogen and oxygen atoms in total. The van der Waals surface area contributed by atoms with Gasteiger partial charge in [0, 0.05) is 6.20 Å². The molecule has 2 aromatic heterocycles. The van der Waals surface area contributed by atoms with Gasteiger partial charge in [0.2, 0.25) is 0 Å². The number of rotatable bonds is 3. The molecule has 5 heteroatoms. The third-order valence-electron chi connectivity index (χ3n) is 2.80. The maximum Gasteiger partial charge on any atom is 0.115 e. The first-order chi connectivity index (χ1) is 8.47. The molecule has 2 rings (SSSR count). The van der Waals surface area contributed by atoms with E-state index in [1.165, 1.54) is 4.79 Å². The lowest BCUT2D eigenvalue weighted by molar-refractivity contribution is 0.628. The monoisotopic (exact) mass is 245 g/mol. The smallest absolute Gasteiger partial charge is 0.115 e. The van der Waals surface area contributed by atoms with Crippen LogP contribution in [0.25, 0.3) is 11.4 Å². The van der Waals surface area contributed by atoms with E-state index in [0.717, 1.165) is 34.9 Å². The molecular weight excluding hydrogens is 226 g/mol. The van der Waals surface area contributed by atoms with Crippen molar-refractivity contribution >= 4 is 0 Å². The summed E-state index contributed by atoms with van der Waals surface area (Å²) < 4.78 is 0. The van der Waals surface area contributed by atoms with Gasteiger partial charge in [-0.1, -0.05) is 13.8 Å². The molecule has 2 heterocycles. The Kier molecular flexibility index (Phi) is 3.32. The number of nitrogens with zero attached hydrogens (tertiary/aromatic N) is 4. The molecule has 0 aliphatic heterocycles. The van der Waals surface area contributed by atoms with E-state index in [9.17, 15) is 0 Å². The zero-order valence-electron chi connectivity index (χ0n) is 11.3. The van der Waals surface area contributed by atoms with Crippen molar-refractivity contribution in [3.05, 3.63) is 29.3 Å². The molecule has 0 spiro atoms. The van der Waals surface area contributed by atoms with Gasteiger partial charge in [0.05, 0.1) is 17.1 Å². The molecule has 0 saturated heterocycles. The van der Waals surface area contributed by atoms with E-state index in [2.05, 4.69) is 23.9 Å². The molecule has 0 saturated carbocycles. The Morgan fingerprint density at radius 2 is 1.94 bits per heavy atom. The molecule has 0 bridgehead atoms. The average Bonchev–Trinajstić information content (AvgIpc) is 2.68. The van der Waals surface area contributed by atoms with Crippen LogP contribution in [0, 0.1) is 19.8 Å². The standard InChI is InChI=1S/C13H19N5/c1-8(2)7-12-9(3)15-10(4)13(16-12)11-5-6-18(14)17-11/h5-6,8H,7,14H2,1-4H3. The van der Waals surface area contributed by atoms with Gasteiger partial charge in [-0.3, -0.25) is 4.98 Å². The highest BCUT2D eigenvalue weighted by molar-refractivity contribution is 5.56. The molecular formula is C13H19N5. The molecule has 2 aromatic rings. The fourth-order valence-corrected chi connectivity index (χ4v) is 1.95. The minimum atomic E-state index is 0.556. The average molecular weight is 245 g/mol. The third-order valence-corrected chi connectivity index (χ3v) is 2.80. The van der Waals surface area contributed by atoms with Crippen LogP contribution in [0.4, 0.5) is 0 Å². The van der Waals surface area contributed by atoms with Crippen LogP contribution in [-0.4, -0.2) is 19.9 Å². The SMILES string of the molecule is Cc1nc(C)c(-c2ccn(N)n2)nc1CC(C)C. The quantitative estimate of drug-likeness (QED) is 0.838. The second-order valence-corrected chi connectivity index (χ2v) is 4.97. The van der Waals surface area contributed by atoms with Crippen molar-refractivity contribution in [1.29, 1.82) is 0 Å². The summed E-state index contributed by atoms with van der Waals surface area (Å²) >= 11 is 0. The fourth-order valence-electron chi connectivity index (χ4n) is 1.95. The van der Waals surface area contributed by atoms with Crippen LogP contribution >= 0.6 is 0 Å².